The standard InChI is InChI=1S/C69H49N3/c1-8-22-48(23-9-1)59-44-60(49-24-10-2-11-25-49)46-61(45-59)63-47-62(52-26-12-3-13-27-52)70-69(71-63)58-42-38-51(39-43-58)50-36-40-55(41-37-50)64-65(53-28-14-4-15-29-53)67(56-32-18-6-19-33-56)72-68(57-34-20-7-21-35-57)66(64)54-30-16-5-17-31-54/h1-47,67,72H. The van der Waals surface area contributed by atoms with E-state index in [0.717, 1.165) is 83.8 Å². The molecule has 0 spiro atoms. The normalized spacial score (nSPS) is 13.4. The SMILES string of the molecule is c1ccc(C2=C(c3ccccc3)C(c3ccc(-c4ccc(-c5nc(-c6ccccc6)cc(-c6cc(-c7ccccc7)cc(-c7ccccc7)c6)n5)cc4)cc3)=C(c3ccccc3)C(c3ccccc3)N2)cc1. The van der Waals surface area contributed by atoms with Gasteiger partial charge >= 0.3 is 0 Å². The Balaban J connectivity index is 0.959. The summed E-state index contributed by atoms with van der Waals surface area (Å²) in [6.45, 7) is 0. The van der Waals surface area contributed by atoms with Gasteiger partial charge in [0, 0.05) is 22.3 Å². The summed E-state index contributed by atoms with van der Waals surface area (Å²) in [6, 6.07) is 101. The zero-order valence-corrected chi connectivity index (χ0v) is 39.6. The largest absolute Gasteiger partial charge is 0.373 e. The lowest BCUT2D eigenvalue weighted by Gasteiger charge is -2.36. The number of rotatable bonds is 11. The average Bonchev–Trinajstić information content (AvgIpc) is 3.48. The first-order valence-electron chi connectivity index (χ1n) is 24.6. The van der Waals surface area contributed by atoms with E-state index in [1.807, 2.05) is 6.07 Å². The number of benzene rings is 10. The number of allylic oxidation sites excluding steroid dienone is 2. The molecule has 2 heterocycles. The Kier molecular flexibility index (Phi) is 12.1. The quantitative estimate of drug-likeness (QED) is 0.140. The molecular formula is C69H49N3. The second-order valence-electron chi connectivity index (χ2n) is 18.1. The van der Waals surface area contributed by atoms with Gasteiger partial charge in [-0.1, -0.05) is 261 Å². The summed E-state index contributed by atoms with van der Waals surface area (Å²) in [4.78, 5) is 10.5. The molecule has 72 heavy (non-hydrogen) atoms. The van der Waals surface area contributed by atoms with Gasteiger partial charge in [0.1, 0.15) is 0 Å². The summed E-state index contributed by atoms with van der Waals surface area (Å²) < 4.78 is 0. The van der Waals surface area contributed by atoms with E-state index in [1.54, 1.807) is 0 Å². The smallest absolute Gasteiger partial charge is 0.160 e. The Hall–Kier alpha value is -9.44. The molecule has 0 saturated heterocycles. The van der Waals surface area contributed by atoms with Gasteiger partial charge < -0.3 is 5.32 Å². The summed E-state index contributed by atoms with van der Waals surface area (Å²) in [6.07, 6.45) is 0. The van der Waals surface area contributed by atoms with Crippen LogP contribution in [0.25, 0.3) is 89.7 Å². The number of nitrogens with zero attached hydrogens (tertiary/aromatic N) is 2. The van der Waals surface area contributed by atoms with Crippen LogP contribution in [0.15, 0.2) is 285 Å². The van der Waals surface area contributed by atoms with Gasteiger partial charge in [-0.15, -0.1) is 0 Å². The second-order valence-corrected chi connectivity index (χ2v) is 18.1. The van der Waals surface area contributed by atoms with Crippen LogP contribution in [0, 0.1) is 0 Å². The van der Waals surface area contributed by atoms with Crippen molar-refractivity contribution in [3.63, 3.8) is 0 Å². The molecule has 3 heteroatoms. The molecule has 1 N–H and O–H groups in total. The van der Waals surface area contributed by atoms with E-state index in [-0.39, 0.29) is 6.04 Å². The Bertz CT molecular complexity index is 3630. The minimum absolute atomic E-state index is 0.111. The first kappa shape index (κ1) is 43.8. The van der Waals surface area contributed by atoms with Crippen molar-refractivity contribution in [2.45, 2.75) is 6.04 Å². The predicted molar refractivity (Wildman–Crippen MR) is 300 cm³/mol. The van der Waals surface area contributed by atoms with Crippen LogP contribution in [0.2, 0.25) is 0 Å². The predicted octanol–water partition coefficient (Wildman–Crippen LogP) is 17.3. The summed E-state index contributed by atoms with van der Waals surface area (Å²) in [7, 11) is 0. The zero-order chi connectivity index (χ0) is 48.1. The van der Waals surface area contributed by atoms with E-state index < -0.39 is 0 Å². The summed E-state index contributed by atoms with van der Waals surface area (Å²) in [5.41, 5.74) is 22.1. The molecule has 1 aromatic heterocycles. The van der Waals surface area contributed by atoms with E-state index in [4.69, 9.17) is 9.97 Å². The van der Waals surface area contributed by atoms with Gasteiger partial charge in [-0.25, -0.2) is 9.97 Å². The molecule has 340 valence electrons. The fraction of sp³-hybridized carbons (Fsp3) is 0.0145. The van der Waals surface area contributed by atoms with Crippen molar-refractivity contribution >= 4 is 22.4 Å². The molecule has 0 saturated carbocycles. The minimum Gasteiger partial charge on any atom is -0.373 e. The first-order chi connectivity index (χ1) is 35.7. The van der Waals surface area contributed by atoms with E-state index in [2.05, 4.69) is 284 Å². The molecule has 11 aromatic rings. The van der Waals surface area contributed by atoms with Gasteiger partial charge in [0.25, 0.3) is 0 Å². The van der Waals surface area contributed by atoms with Crippen molar-refractivity contribution in [3.8, 4) is 67.3 Å². The second kappa shape index (κ2) is 19.9. The van der Waals surface area contributed by atoms with E-state index in [0.29, 0.717) is 5.82 Å². The Labute approximate surface area is 421 Å². The van der Waals surface area contributed by atoms with Gasteiger partial charge in [-0.3, -0.25) is 0 Å². The molecule has 0 fully saturated rings. The molecule has 0 radical (unpaired) electrons. The van der Waals surface area contributed by atoms with Crippen LogP contribution in [0.5, 0.6) is 0 Å². The average molecular weight is 920 g/mol. The Morgan fingerprint density at radius 1 is 0.250 bits per heavy atom. The van der Waals surface area contributed by atoms with Crippen LogP contribution in [0.3, 0.4) is 0 Å². The van der Waals surface area contributed by atoms with Crippen LogP contribution < -0.4 is 5.32 Å². The van der Waals surface area contributed by atoms with Gasteiger partial charge in [0.05, 0.1) is 23.1 Å². The number of dihydropyridines is 1. The molecule has 1 unspecified atom stereocenters. The van der Waals surface area contributed by atoms with Crippen molar-refractivity contribution in [1.82, 2.24) is 15.3 Å². The maximum atomic E-state index is 5.33. The Morgan fingerprint density at radius 2 is 0.597 bits per heavy atom. The van der Waals surface area contributed by atoms with Gasteiger partial charge in [-0.05, 0) is 96.6 Å². The number of nitrogens with one attached hydrogen (secondary N) is 1. The maximum Gasteiger partial charge on any atom is 0.160 e. The highest BCUT2D eigenvalue weighted by Gasteiger charge is 2.33. The molecule has 1 aliphatic rings. The molecule has 3 nitrogen and oxygen atoms in total. The third-order valence-electron chi connectivity index (χ3n) is 13.6. The summed E-state index contributed by atoms with van der Waals surface area (Å²) in [5, 5.41) is 4.09. The molecule has 0 aliphatic carbocycles. The van der Waals surface area contributed by atoms with Crippen LogP contribution in [-0.4, -0.2) is 9.97 Å². The summed E-state index contributed by atoms with van der Waals surface area (Å²) >= 11 is 0. The van der Waals surface area contributed by atoms with Crippen LogP contribution in [0.4, 0.5) is 0 Å². The van der Waals surface area contributed by atoms with Crippen LogP contribution in [0.1, 0.15) is 33.9 Å². The highest BCUT2D eigenvalue weighted by molar-refractivity contribution is 6.24. The number of hydrogen-bond acceptors (Lipinski definition) is 3. The third-order valence-corrected chi connectivity index (χ3v) is 13.6. The molecule has 0 amide bonds. The van der Waals surface area contributed by atoms with E-state index in [1.165, 1.54) is 27.8 Å². The molecule has 12 rings (SSSR count). The van der Waals surface area contributed by atoms with Crippen LogP contribution in [-0.2, 0) is 0 Å². The van der Waals surface area contributed by atoms with Gasteiger partial charge in [-0.2, -0.15) is 0 Å². The van der Waals surface area contributed by atoms with Crippen molar-refractivity contribution in [2.24, 2.45) is 0 Å². The van der Waals surface area contributed by atoms with Gasteiger partial charge in [0.2, 0.25) is 0 Å². The highest BCUT2D eigenvalue weighted by atomic mass is 14.9. The van der Waals surface area contributed by atoms with Crippen molar-refractivity contribution in [3.05, 3.63) is 313 Å². The monoisotopic (exact) mass is 919 g/mol. The summed E-state index contributed by atoms with van der Waals surface area (Å²) in [5.74, 6) is 0.674. The fourth-order valence-corrected chi connectivity index (χ4v) is 10.0. The van der Waals surface area contributed by atoms with E-state index >= 15 is 0 Å². The third kappa shape index (κ3) is 8.99. The topological polar surface area (TPSA) is 37.8 Å². The lowest BCUT2D eigenvalue weighted by molar-refractivity contribution is 0.787. The lowest BCUT2D eigenvalue weighted by atomic mass is 9.77. The van der Waals surface area contributed by atoms with Crippen LogP contribution >= 0.6 is 0 Å². The zero-order valence-electron chi connectivity index (χ0n) is 39.6. The fourth-order valence-electron chi connectivity index (χ4n) is 10.0. The Morgan fingerprint density at radius 3 is 1.10 bits per heavy atom. The molecule has 10 aromatic carbocycles. The first-order valence-corrected chi connectivity index (χ1v) is 24.6. The highest BCUT2D eigenvalue weighted by Crippen LogP contribution is 2.50. The molecule has 0 bridgehead atoms. The molecular weight excluding hydrogens is 871 g/mol. The number of aromatic nitrogens is 2. The maximum absolute atomic E-state index is 5.33. The van der Waals surface area contributed by atoms with Crippen molar-refractivity contribution < 1.29 is 0 Å². The number of hydrogen-bond donors (Lipinski definition) is 1. The van der Waals surface area contributed by atoms with Gasteiger partial charge in [0.15, 0.2) is 5.82 Å². The lowest BCUT2D eigenvalue weighted by Crippen LogP contribution is -2.27. The van der Waals surface area contributed by atoms with E-state index in [9.17, 15) is 0 Å². The molecule has 1 aliphatic heterocycles. The van der Waals surface area contributed by atoms with Crippen molar-refractivity contribution in [1.29, 1.82) is 0 Å². The minimum atomic E-state index is -0.111. The van der Waals surface area contributed by atoms with Crippen molar-refractivity contribution in [2.75, 3.05) is 0 Å². The molecule has 1 atom stereocenters.